The maximum atomic E-state index is 12.7. The summed E-state index contributed by atoms with van der Waals surface area (Å²) in [6.45, 7) is 15.5. The fraction of sp³-hybridized carbons (Fsp3) is 0.808. The average Bonchev–Trinajstić information content (AvgIpc) is 3.18. The van der Waals surface area contributed by atoms with Crippen LogP contribution in [-0.2, 0) is 14.3 Å². The minimum Gasteiger partial charge on any atom is -0.515 e. The fourth-order valence-electron chi connectivity index (χ4n) is 8.88. The summed E-state index contributed by atoms with van der Waals surface area (Å²) < 4.78 is 13.2. The zero-order valence-corrected chi connectivity index (χ0v) is 19.2. The molecular formula is C26H38O4. The number of carbonyl (C=O) groups excluding carboxylic acids is 1. The predicted molar refractivity (Wildman–Crippen MR) is 116 cm³/mol. The number of fused-ring (bicyclic) bond motifs is 8. The Morgan fingerprint density at radius 3 is 2.37 bits per heavy atom. The second-order valence-electron chi connectivity index (χ2n) is 11.9. The van der Waals surface area contributed by atoms with Gasteiger partial charge in [-0.15, -0.1) is 0 Å². The van der Waals surface area contributed by atoms with Crippen LogP contribution in [0.2, 0.25) is 0 Å². The molecule has 5 rings (SSSR count). The first-order chi connectivity index (χ1) is 14.0. The van der Waals surface area contributed by atoms with E-state index in [0.29, 0.717) is 42.1 Å². The van der Waals surface area contributed by atoms with Crippen molar-refractivity contribution in [1.82, 2.24) is 0 Å². The van der Waals surface area contributed by atoms with Gasteiger partial charge in [0.25, 0.3) is 0 Å². The number of hydrogen-bond donors (Lipinski definition) is 1. The number of hydrogen-bond acceptors (Lipinski definition) is 4. The van der Waals surface area contributed by atoms with Gasteiger partial charge in [-0.25, -0.2) is 0 Å². The van der Waals surface area contributed by atoms with Crippen molar-refractivity contribution in [2.75, 3.05) is 0 Å². The van der Waals surface area contributed by atoms with Gasteiger partial charge in [-0.05, 0) is 87.4 Å². The van der Waals surface area contributed by atoms with E-state index in [1.807, 2.05) is 13.8 Å². The molecule has 4 heteroatoms. The lowest BCUT2D eigenvalue weighted by Gasteiger charge is -2.62. The Bertz CT molecular complexity index is 812. The molecule has 1 N–H and O–H groups in total. The monoisotopic (exact) mass is 414 g/mol. The number of aliphatic hydroxyl groups excluding tert-OH is 1. The molecule has 5 aliphatic rings. The summed E-state index contributed by atoms with van der Waals surface area (Å²) in [6, 6.07) is 0. The fourth-order valence-corrected chi connectivity index (χ4v) is 8.88. The molecule has 0 aromatic carbocycles. The van der Waals surface area contributed by atoms with Crippen LogP contribution >= 0.6 is 0 Å². The summed E-state index contributed by atoms with van der Waals surface area (Å²) in [7, 11) is 0. The Kier molecular flexibility index (Phi) is 4.46. The number of aliphatic hydroxyl groups is 1. The molecule has 0 aromatic rings. The Labute approximate surface area is 181 Å². The van der Waals surface area contributed by atoms with Crippen molar-refractivity contribution in [3.05, 3.63) is 24.0 Å². The third-order valence-electron chi connectivity index (χ3n) is 10.1. The predicted octanol–water partition coefficient (Wildman–Crippen LogP) is 5.58. The van der Waals surface area contributed by atoms with Gasteiger partial charge in [0.05, 0.1) is 18.5 Å². The number of allylic oxidation sites excluding steroid dienone is 2. The first-order valence-corrected chi connectivity index (χ1v) is 11.9. The highest BCUT2D eigenvalue weighted by molar-refractivity contribution is 5.96. The van der Waals surface area contributed by atoms with Crippen molar-refractivity contribution < 1.29 is 19.4 Å². The van der Waals surface area contributed by atoms with E-state index in [-0.39, 0.29) is 34.7 Å². The summed E-state index contributed by atoms with van der Waals surface area (Å²) in [5.74, 6) is 1.74. The summed E-state index contributed by atoms with van der Waals surface area (Å²) in [5, 5.41) is 9.77. The number of Topliss-reactive ketones (excluding diaryl/α,β-unsaturated/α-hetero) is 1. The van der Waals surface area contributed by atoms with Gasteiger partial charge >= 0.3 is 0 Å². The van der Waals surface area contributed by atoms with Crippen molar-refractivity contribution in [3.8, 4) is 0 Å². The standard InChI is InChI=1S/C26H38O4/c1-14(2)16-7-8-17-21-18(9-10-25(16,17)5)26(6)12-15(13-27)20(28)11-19(26)22-23(21)30-24(3,4)29-22/h13,16-19,21-23,27H,1,7-12H2,2-6H3/t16?,17-,18-,19+,21-,22+,23+,25+,26+/m0/s1. The lowest BCUT2D eigenvalue weighted by atomic mass is 9.43. The molecule has 0 bridgehead atoms. The number of carbonyl (C=O) groups is 1. The minimum atomic E-state index is -0.610. The molecule has 5 fully saturated rings. The van der Waals surface area contributed by atoms with Crippen LogP contribution < -0.4 is 0 Å². The summed E-state index contributed by atoms with van der Waals surface area (Å²) in [6.07, 6.45) is 7.04. The zero-order valence-electron chi connectivity index (χ0n) is 19.2. The van der Waals surface area contributed by atoms with E-state index in [2.05, 4.69) is 27.4 Å². The second kappa shape index (κ2) is 6.45. The van der Waals surface area contributed by atoms with E-state index >= 15 is 0 Å². The molecular weight excluding hydrogens is 376 g/mol. The number of ketones is 1. The van der Waals surface area contributed by atoms with Crippen LogP contribution in [0.4, 0.5) is 0 Å². The van der Waals surface area contributed by atoms with Gasteiger partial charge in [0, 0.05) is 17.9 Å². The highest BCUT2D eigenvalue weighted by Gasteiger charge is 2.68. The lowest BCUT2D eigenvalue weighted by Crippen LogP contribution is -2.63. The molecule has 0 radical (unpaired) electrons. The zero-order chi connectivity index (χ0) is 21.6. The molecule has 1 saturated heterocycles. The number of ether oxygens (including phenoxy) is 2. The van der Waals surface area contributed by atoms with Crippen LogP contribution in [0.5, 0.6) is 0 Å². The summed E-state index contributed by atoms with van der Waals surface area (Å²) in [4.78, 5) is 12.7. The molecule has 0 aromatic heterocycles. The molecule has 30 heavy (non-hydrogen) atoms. The molecule has 4 nitrogen and oxygen atoms in total. The molecule has 1 heterocycles. The molecule has 9 atom stereocenters. The van der Waals surface area contributed by atoms with E-state index < -0.39 is 5.79 Å². The third-order valence-corrected chi connectivity index (χ3v) is 10.1. The highest BCUT2D eigenvalue weighted by atomic mass is 16.8. The minimum absolute atomic E-state index is 0.0401. The van der Waals surface area contributed by atoms with Crippen molar-refractivity contribution >= 4 is 5.78 Å². The SMILES string of the molecule is C=C(C)C1CC[C@H]2[C@@H]3[C@H]4OC(C)(C)O[C@@H]4[C@H]4CC(=O)C(=CO)C[C@]4(C)[C@H]3CC[C@]12C. The van der Waals surface area contributed by atoms with Gasteiger partial charge < -0.3 is 14.6 Å². The van der Waals surface area contributed by atoms with Crippen LogP contribution in [0.3, 0.4) is 0 Å². The van der Waals surface area contributed by atoms with Crippen LogP contribution in [0.1, 0.15) is 73.1 Å². The molecule has 4 saturated carbocycles. The summed E-state index contributed by atoms with van der Waals surface area (Å²) >= 11 is 0. The van der Waals surface area contributed by atoms with Crippen molar-refractivity contribution in [1.29, 1.82) is 0 Å². The molecule has 1 aliphatic heterocycles. The number of rotatable bonds is 1. The second-order valence-corrected chi connectivity index (χ2v) is 11.9. The van der Waals surface area contributed by atoms with Crippen molar-refractivity contribution in [2.45, 2.75) is 91.1 Å². The Balaban J connectivity index is 1.60. The van der Waals surface area contributed by atoms with E-state index in [9.17, 15) is 9.90 Å². The highest BCUT2D eigenvalue weighted by Crippen LogP contribution is 2.70. The maximum absolute atomic E-state index is 12.7. The average molecular weight is 415 g/mol. The van der Waals surface area contributed by atoms with E-state index in [1.54, 1.807) is 0 Å². The molecule has 0 amide bonds. The first-order valence-electron chi connectivity index (χ1n) is 11.9. The molecule has 0 spiro atoms. The van der Waals surface area contributed by atoms with Gasteiger partial charge in [0.15, 0.2) is 11.6 Å². The van der Waals surface area contributed by atoms with Crippen molar-refractivity contribution in [2.24, 2.45) is 40.4 Å². The van der Waals surface area contributed by atoms with E-state index in [4.69, 9.17) is 9.47 Å². The Morgan fingerprint density at radius 1 is 1.03 bits per heavy atom. The van der Waals surface area contributed by atoms with Crippen molar-refractivity contribution in [3.63, 3.8) is 0 Å². The van der Waals surface area contributed by atoms with Gasteiger partial charge in [-0.3, -0.25) is 4.79 Å². The largest absolute Gasteiger partial charge is 0.515 e. The molecule has 166 valence electrons. The lowest BCUT2D eigenvalue weighted by molar-refractivity contribution is -0.175. The topological polar surface area (TPSA) is 55.8 Å². The van der Waals surface area contributed by atoms with E-state index in [0.717, 1.165) is 12.7 Å². The van der Waals surface area contributed by atoms with Crippen LogP contribution in [-0.4, -0.2) is 28.9 Å². The Hall–Kier alpha value is -1.13. The van der Waals surface area contributed by atoms with E-state index in [1.165, 1.54) is 24.8 Å². The van der Waals surface area contributed by atoms with Crippen LogP contribution in [0, 0.1) is 40.4 Å². The van der Waals surface area contributed by atoms with Gasteiger partial charge in [-0.1, -0.05) is 26.0 Å². The maximum Gasteiger partial charge on any atom is 0.163 e. The van der Waals surface area contributed by atoms with Gasteiger partial charge in [0.2, 0.25) is 0 Å². The van der Waals surface area contributed by atoms with Crippen LogP contribution in [0.25, 0.3) is 0 Å². The first kappa shape index (κ1) is 20.8. The smallest absolute Gasteiger partial charge is 0.163 e. The summed E-state index contributed by atoms with van der Waals surface area (Å²) in [5.41, 5.74) is 2.16. The van der Waals surface area contributed by atoms with Crippen LogP contribution in [0.15, 0.2) is 24.0 Å². The third kappa shape index (κ3) is 2.62. The normalized spacial score (nSPS) is 53.0. The van der Waals surface area contributed by atoms with Gasteiger partial charge in [-0.2, -0.15) is 0 Å². The molecule has 4 aliphatic carbocycles. The molecule has 1 unspecified atom stereocenters. The quantitative estimate of drug-likeness (QED) is 0.346. The van der Waals surface area contributed by atoms with Gasteiger partial charge in [0.1, 0.15) is 0 Å². The Morgan fingerprint density at radius 2 is 1.70 bits per heavy atom.